The van der Waals surface area contributed by atoms with Gasteiger partial charge < -0.3 is 9.47 Å². The average molecular weight is 269 g/mol. The van der Waals surface area contributed by atoms with Crippen molar-refractivity contribution in [2.45, 2.75) is 6.10 Å². The Morgan fingerprint density at radius 3 is 2.55 bits per heavy atom. The number of aromatic nitrogens is 1. The number of methoxy groups -OCH3 is 1. The minimum absolute atomic E-state index is 0.376. The number of carbonyl (C=O) groups is 1. The highest BCUT2D eigenvalue weighted by Gasteiger charge is 2.18. The molecule has 1 atom stereocenters. The lowest BCUT2D eigenvalue weighted by Crippen LogP contribution is -2.26. The minimum Gasteiger partial charge on any atom is -0.466 e. The van der Waals surface area contributed by atoms with Gasteiger partial charge in [-0.3, -0.25) is 0 Å². The van der Waals surface area contributed by atoms with E-state index in [1.54, 1.807) is 30.5 Å². The van der Waals surface area contributed by atoms with Crippen molar-refractivity contribution in [1.82, 2.24) is 4.98 Å². The zero-order chi connectivity index (χ0) is 14.2. The van der Waals surface area contributed by atoms with E-state index in [2.05, 4.69) is 4.98 Å². The summed E-state index contributed by atoms with van der Waals surface area (Å²) >= 11 is 0. The Morgan fingerprint density at radius 1 is 1.15 bits per heavy atom. The normalized spacial score (nSPS) is 12.1. The number of esters is 1. The number of carbonyl (C=O) groups excluding carboxylic acids is 1. The lowest BCUT2D eigenvalue weighted by molar-refractivity contribution is -0.146. The number of ether oxygens (including phenoxy) is 2. The maximum absolute atomic E-state index is 11.7. The fraction of sp³-hybridized carbons (Fsp3) is 0.125. The number of hydrogen-bond acceptors (Lipinski definition) is 4. The summed E-state index contributed by atoms with van der Waals surface area (Å²) < 4.78 is 10.2. The molecular weight excluding hydrogens is 254 g/mol. The van der Waals surface area contributed by atoms with Crippen molar-refractivity contribution in [3.63, 3.8) is 0 Å². The van der Waals surface area contributed by atoms with Crippen LogP contribution in [-0.4, -0.2) is 24.2 Å². The van der Waals surface area contributed by atoms with E-state index in [1.165, 1.54) is 7.11 Å². The molecule has 0 aliphatic carbocycles. The van der Waals surface area contributed by atoms with Crippen molar-refractivity contribution in [1.29, 1.82) is 0 Å². The highest BCUT2D eigenvalue weighted by atomic mass is 16.6. The molecule has 4 heteroatoms. The molecule has 0 aliphatic heterocycles. The second kappa shape index (κ2) is 7.09. The van der Waals surface area contributed by atoms with E-state index < -0.39 is 12.1 Å². The summed E-state index contributed by atoms with van der Waals surface area (Å²) in [5.41, 5.74) is 0.978. The number of hydrogen-bond donors (Lipinski definition) is 0. The Hall–Kier alpha value is -2.62. The Kier molecular flexibility index (Phi) is 4.89. The van der Waals surface area contributed by atoms with Crippen LogP contribution in [0.5, 0.6) is 5.88 Å². The van der Waals surface area contributed by atoms with Gasteiger partial charge in [-0.15, -0.1) is 0 Å². The lowest BCUT2D eigenvalue weighted by atomic mass is 10.2. The smallest absolute Gasteiger partial charge is 0.351 e. The van der Waals surface area contributed by atoms with Crippen LogP contribution >= 0.6 is 0 Å². The lowest BCUT2D eigenvalue weighted by Gasteiger charge is -2.12. The zero-order valence-electron chi connectivity index (χ0n) is 11.1. The maximum Gasteiger partial charge on any atom is 0.351 e. The third-order valence-corrected chi connectivity index (χ3v) is 2.58. The first kappa shape index (κ1) is 13.8. The summed E-state index contributed by atoms with van der Waals surface area (Å²) in [7, 11) is 1.33. The van der Waals surface area contributed by atoms with Crippen LogP contribution < -0.4 is 4.74 Å². The summed E-state index contributed by atoms with van der Waals surface area (Å²) in [6.07, 6.45) is 4.24. The molecule has 0 bridgehead atoms. The quantitative estimate of drug-likeness (QED) is 0.783. The molecule has 1 unspecified atom stereocenters. The van der Waals surface area contributed by atoms with Gasteiger partial charge in [0, 0.05) is 12.3 Å². The molecule has 0 fully saturated rings. The summed E-state index contributed by atoms with van der Waals surface area (Å²) in [6.45, 7) is 0. The van der Waals surface area contributed by atoms with Gasteiger partial charge in [0.2, 0.25) is 12.0 Å². The fourth-order valence-electron chi connectivity index (χ4n) is 1.59. The van der Waals surface area contributed by atoms with Crippen LogP contribution in [-0.2, 0) is 9.53 Å². The van der Waals surface area contributed by atoms with E-state index >= 15 is 0 Å². The molecule has 20 heavy (non-hydrogen) atoms. The summed E-state index contributed by atoms with van der Waals surface area (Å²) in [4.78, 5) is 15.7. The van der Waals surface area contributed by atoms with Gasteiger partial charge in [-0.1, -0.05) is 42.5 Å². The third-order valence-electron chi connectivity index (χ3n) is 2.58. The van der Waals surface area contributed by atoms with Gasteiger partial charge in [0.25, 0.3) is 0 Å². The molecule has 0 amide bonds. The molecule has 102 valence electrons. The SMILES string of the molecule is COC(=O)C(/C=C/c1ccccc1)Oc1ccccn1. The Balaban J connectivity index is 2.12. The van der Waals surface area contributed by atoms with Crippen LogP contribution in [0.4, 0.5) is 0 Å². The topological polar surface area (TPSA) is 48.4 Å². The number of rotatable bonds is 5. The third kappa shape index (κ3) is 3.95. The second-order valence-electron chi connectivity index (χ2n) is 4.00. The molecular formula is C16H15NO3. The van der Waals surface area contributed by atoms with Crippen molar-refractivity contribution in [3.8, 4) is 5.88 Å². The molecule has 0 spiro atoms. The summed E-state index contributed by atoms with van der Waals surface area (Å²) in [5, 5.41) is 0. The number of pyridine rings is 1. The van der Waals surface area contributed by atoms with Gasteiger partial charge in [-0.25, -0.2) is 9.78 Å². The minimum atomic E-state index is -0.824. The molecule has 1 aromatic carbocycles. The second-order valence-corrected chi connectivity index (χ2v) is 4.00. The molecule has 0 saturated carbocycles. The van der Waals surface area contributed by atoms with Gasteiger partial charge in [0.05, 0.1) is 7.11 Å². The van der Waals surface area contributed by atoms with Crippen molar-refractivity contribution < 1.29 is 14.3 Å². The van der Waals surface area contributed by atoms with Crippen LogP contribution in [0, 0.1) is 0 Å². The van der Waals surface area contributed by atoms with Crippen molar-refractivity contribution in [2.75, 3.05) is 7.11 Å². The molecule has 0 aliphatic rings. The van der Waals surface area contributed by atoms with Gasteiger partial charge in [0.1, 0.15) is 0 Å². The van der Waals surface area contributed by atoms with E-state index in [0.29, 0.717) is 5.88 Å². The van der Waals surface area contributed by atoms with E-state index in [-0.39, 0.29) is 0 Å². The Labute approximate surface area is 117 Å². The van der Waals surface area contributed by atoms with Gasteiger partial charge in [0.15, 0.2) is 0 Å². The Bertz CT molecular complexity index is 567. The van der Waals surface area contributed by atoms with E-state index in [0.717, 1.165) is 5.56 Å². The van der Waals surface area contributed by atoms with Crippen molar-refractivity contribution in [2.24, 2.45) is 0 Å². The average Bonchev–Trinajstić information content (AvgIpc) is 2.52. The van der Waals surface area contributed by atoms with Crippen LogP contribution in [0.1, 0.15) is 5.56 Å². The first-order chi connectivity index (χ1) is 9.79. The predicted molar refractivity (Wildman–Crippen MR) is 76.1 cm³/mol. The zero-order valence-corrected chi connectivity index (χ0v) is 11.1. The van der Waals surface area contributed by atoms with Crippen LogP contribution in [0.25, 0.3) is 6.08 Å². The van der Waals surface area contributed by atoms with E-state index in [4.69, 9.17) is 9.47 Å². The molecule has 0 radical (unpaired) electrons. The van der Waals surface area contributed by atoms with E-state index in [9.17, 15) is 4.79 Å². The largest absolute Gasteiger partial charge is 0.466 e. The van der Waals surface area contributed by atoms with Crippen LogP contribution in [0.2, 0.25) is 0 Å². The van der Waals surface area contributed by atoms with Crippen LogP contribution in [0.15, 0.2) is 60.8 Å². The van der Waals surface area contributed by atoms with Gasteiger partial charge >= 0.3 is 5.97 Å². The molecule has 0 saturated heterocycles. The molecule has 0 N–H and O–H groups in total. The van der Waals surface area contributed by atoms with Crippen molar-refractivity contribution in [3.05, 3.63) is 66.4 Å². The monoisotopic (exact) mass is 269 g/mol. The highest BCUT2D eigenvalue weighted by molar-refractivity contribution is 5.78. The molecule has 2 aromatic rings. The summed E-state index contributed by atoms with van der Waals surface area (Å²) in [6, 6.07) is 14.9. The molecule has 1 aromatic heterocycles. The van der Waals surface area contributed by atoms with Crippen molar-refractivity contribution >= 4 is 12.0 Å². The van der Waals surface area contributed by atoms with Crippen LogP contribution in [0.3, 0.4) is 0 Å². The number of benzene rings is 1. The maximum atomic E-state index is 11.7. The van der Waals surface area contributed by atoms with E-state index in [1.807, 2.05) is 36.4 Å². The van der Waals surface area contributed by atoms with Gasteiger partial charge in [-0.2, -0.15) is 0 Å². The first-order valence-electron chi connectivity index (χ1n) is 6.18. The first-order valence-corrected chi connectivity index (χ1v) is 6.18. The highest BCUT2D eigenvalue weighted by Crippen LogP contribution is 2.10. The standard InChI is InChI=1S/C16H15NO3/c1-19-16(18)14(20-15-9-5-6-12-17-15)11-10-13-7-3-2-4-8-13/h2-12,14H,1H3/b11-10+. The van der Waals surface area contributed by atoms with Gasteiger partial charge in [-0.05, 0) is 17.7 Å². The predicted octanol–water partition coefficient (Wildman–Crippen LogP) is 2.72. The molecule has 4 nitrogen and oxygen atoms in total. The Morgan fingerprint density at radius 2 is 1.90 bits per heavy atom. The summed E-state index contributed by atoms with van der Waals surface area (Å²) in [5.74, 6) is -0.0940. The molecule has 1 heterocycles. The number of nitrogens with zero attached hydrogens (tertiary/aromatic N) is 1. The molecule has 2 rings (SSSR count). The fourth-order valence-corrected chi connectivity index (χ4v) is 1.59.